The molecule has 0 bridgehead atoms. The van der Waals surface area contributed by atoms with Crippen LogP contribution in [0.1, 0.15) is 12.0 Å². The van der Waals surface area contributed by atoms with Crippen LogP contribution in [0, 0.1) is 11.8 Å². The maximum Gasteiger partial charge on any atom is 0.416 e. The first kappa shape index (κ1) is 20.2. The smallest absolute Gasteiger partial charge is 0.339 e. The molecule has 1 aromatic rings. The largest absolute Gasteiger partial charge is 0.416 e. The van der Waals surface area contributed by atoms with E-state index < -0.39 is 11.7 Å². The number of carbonyl (C=O) groups excluding carboxylic acids is 2. The summed E-state index contributed by atoms with van der Waals surface area (Å²) in [4.78, 5) is 28.6. The molecule has 4 nitrogen and oxygen atoms in total. The highest BCUT2D eigenvalue weighted by Crippen LogP contribution is 2.38. The SMILES string of the molecule is C=CC(=O)N1CCC(C2=CC3C=CC=CC3N(c3ccc(C(F)(F)F)cc3)C2=O)C1. The minimum absolute atomic E-state index is 0.0749. The molecule has 1 aliphatic carbocycles. The van der Waals surface area contributed by atoms with Crippen molar-refractivity contribution in [1.82, 2.24) is 4.90 Å². The maximum atomic E-state index is 13.4. The molecule has 3 atom stereocenters. The summed E-state index contributed by atoms with van der Waals surface area (Å²) in [6.45, 7) is 4.49. The highest BCUT2D eigenvalue weighted by molar-refractivity contribution is 6.08. The van der Waals surface area contributed by atoms with E-state index in [1.54, 1.807) is 9.80 Å². The van der Waals surface area contributed by atoms with Crippen molar-refractivity contribution in [3.05, 3.63) is 78.4 Å². The second-order valence-corrected chi connectivity index (χ2v) is 7.65. The molecule has 4 rings (SSSR count). The van der Waals surface area contributed by atoms with Crippen LogP contribution in [0.2, 0.25) is 0 Å². The summed E-state index contributed by atoms with van der Waals surface area (Å²) in [6, 6.07) is 4.38. The zero-order valence-electron chi connectivity index (χ0n) is 16.2. The lowest BCUT2D eigenvalue weighted by Crippen LogP contribution is -2.49. The van der Waals surface area contributed by atoms with Crippen molar-refractivity contribution in [2.45, 2.75) is 18.6 Å². The summed E-state index contributed by atoms with van der Waals surface area (Å²) < 4.78 is 38.9. The summed E-state index contributed by atoms with van der Waals surface area (Å²) in [5, 5.41) is 0. The number of benzene rings is 1. The molecule has 3 aliphatic rings. The molecule has 0 spiro atoms. The Labute approximate surface area is 172 Å². The topological polar surface area (TPSA) is 40.6 Å². The summed E-state index contributed by atoms with van der Waals surface area (Å²) >= 11 is 0. The standard InChI is InChI=1S/C23H21F3N2O2/c1-2-21(29)27-12-11-16(14-27)19-13-15-5-3-4-6-20(15)28(22(19)30)18-9-7-17(8-10-18)23(24,25)26/h2-10,13,15-16,20H,1,11-12,14H2. The number of carbonyl (C=O) groups is 2. The first-order valence-electron chi connectivity index (χ1n) is 9.78. The van der Waals surface area contributed by atoms with Crippen LogP contribution in [-0.2, 0) is 15.8 Å². The second-order valence-electron chi connectivity index (χ2n) is 7.65. The Morgan fingerprint density at radius 3 is 2.50 bits per heavy atom. The summed E-state index contributed by atoms with van der Waals surface area (Å²) in [5.74, 6) is -0.582. The average Bonchev–Trinajstić information content (AvgIpc) is 3.22. The Kier molecular flexibility index (Phi) is 5.13. The number of amides is 2. The van der Waals surface area contributed by atoms with E-state index in [1.807, 2.05) is 30.4 Å². The molecule has 1 saturated heterocycles. The molecular weight excluding hydrogens is 393 g/mol. The highest BCUT2D eigenvalue weighted by atomic mass is 19.4. The van der Waals surface area contributed by atoms with Crippen molar-refractivity contribution in [1.29, 1.82) is 0 Å². The van der Waals surface area contributed by atoms with Gasteiger partial charge in [0.15, 0.2) is 0 Å². The third-order valence-electron chi connectivity index (χ3n) is 5.87. The zero-order chi connectivity index (χ0) is 21.5. The lowest BCUT2D eigenvalue weighted by molar-refractivity contribution is -0.137. The Morgan fingerprint density at radius 1 is 1.13 bits per heavy atom. The van der Waals surface area contributed by atoms with Gasteiger partial charge in [-0.25, -0.2) is 0 Å². The van der Waals surface area contributed by atoms with Crippen molar-refractivity contribution in [3.8, 4) is 0 Å². The fourth-order valence-corrected chi connectivity index (χ4v) is 4.33. The Hall–Kier alpha value is -3.09. The number of fused-ring (bicyclic) bond motifs is 1. The van der Waals surface area contributed by atoms with Crippen LogP contribution in [0.4, 0.5) is 18.9 Å². The van der Waals surface area contributed by atoms with Gasteiger partial charge in [0.05, 0.1) is 11.6 Å². The first-order chi connectivity index (χ1) is 14.3. The van der Waals surface area contributed by atoms with E-state index in [4.69, 9.17) is 0 Å². The molecule has 7 heteroatoms. The number of rotatable bonds is 3. The van der Waals surface area contributed by atoms with E-state index in [1.165, 1.54) is 18.2 Å². The van der Waals surface area contributed by atoms with E-state index in [0.29, 0.717) is 30.8 Å². The maximum absolute atomic E-state index is 13.4. The van der Waals surface area contributed by atoms with Crippen molar-refractivity contribution in [2.75, 3.05) is 18.0 Å². The molecule has 2 heterocycles. The molecule has 2 aliphatic heterocycles. The van der Waals surface area contributed by atoms with Gasteiger partial charge >= 0.3 is 6.18 Å². The van der Waals surface area contributed by atoms with Crippen LogP contribution in [0.15, 0.2) is 72.9 Å². The Morgan fingerprint density at radius 2 is 1.83 bits per heavy atom. The van der Waals surface area contributed by atoms with Gasteiger partial charge in [-0.1, -0.05) is 37.0 Å². The predicted molar refractivity (Wildman–Crippen MR) is 107 cm³/mol. The average molecular weight is 414 g/mol. The van der Waals surface area contributed by atoms with Gasteiger partial charge in [0, 0.05) is 36.2 Å². The quantitative estimate of drug-likeness (QED) is 0.698. The summed E-state index contributed by atoms with van der Waals surface area (Å²) in [5.41, 5.74) is 0.275. The first-order valence-corrected chi connectivity index (χ1v) is 9.78. The van der Waals surface area contributed by atoms with Crippen LogP contribution in [0.5, 0.6) is 0 Å². The number of halogens is 3. The number of nitrogens with zero attached hydrogens (tertiary/aromatic N) is 2. The molecule has 0 radical (unpaired) electrons. The highest BCUT2D eigenvalue weighted by Gasteiger charge is 2.41. The van der Waals surface area contributed by atoms with E-state index in [0.717, 1.165) is 12.1 Å². The molecule has 0 aromatic heterocycles. The van der Waals surface area contributed by atoms with Crippen LogP contribution in [0.25, 0.3) is 0 Å². The lowest BCUT2D eigenvalue weighted by atomic mass is 9.82. The van der Waals surface area contributed by atoms with Crippen molar-refractivity contribution in [2.24, 2.45) is 11.8 Å². The number of hydrogen-bond acceptors (Lipinski definition) is 2. The number of alkyl halides is 3. The second kappa shape index (κ2) is 7.63. The lowest BCUT2D eigenvalue weighted by Gasteiger charge is -2.40. The Balaban J connectivity index is 1.66. The van der Waals surface area contributed by atoms with E-state index in [2.05, 4.69) is 6.58 Å². The molecule has 1 aromatic carbocycles. The van der Waals surface area contributed by atoms with E-state index in [-0.39, 0.29) is 29.7 Å². The molecule has 3 unspecified atom stereocenters. The normalized spacial score (nSPS) is 25.9. The van der Waals surface area contributed by atoms with Crippen LogP contribution >= 0.6 is 0 Å². The summed E-state index contributed by atoms with van der Waals surface area (Å²) in [6.07, 6.45) is 7.04. The zero-order valence-corrected chi connectivity index (χ0v) is 16.2. The van der Waals surface area contributed by atoms with Gasteiger partial charge in [-0.2, -0.15) is 13.2 Å². The van der Waals surface area contributed by atoms with Crippen molar-refractivity contribution in [3.63, 3.8) is 0 Å². The molecule has 0 saturated carbocycles. The minimum atomic E-state index is -4.43. The number of anilines is 1. The van der Waals surface area contributed by atoms with Gasteiger partial charge in [0.1, 0.15) is 0 Å². The molecule has 0 N–H and O–H groups in total. The molecule has 156 valence electrons. The summed E-state index contributed by atoms with van der Waals surface area (Å²) in [7, 11) is 0. The predicted octanol–water partition coefficient (Wildman–Crippen LogP) is 4.12. The fourth-order valence-electron chi connectivity index (χ4n) is 4.33. The minimum Gasteiger partial charge on any atom is -0.339 e. The number of likely N-dealkylation sites (tertiary alicyclic amines) is 1. The number of allylic oxidation sites excluding steroid dienone is 2. The van der Waals surface area contributed by atoms with Gasteiger partial charge < -0.3 is 9.80 Å². The van der Waals surface area contributed by atoms with Crippen LogP contribution in [0.3, 0.4) is 0 Å². The van der Waals surface area contributed by atoms with Crippen LogP contribution in [-0.4, -0.2) is 35.8 Å². The molecule has 1 fully saturated rings. The van der Waals surface area contributed by atoms with Crippen molar-refractivity contribution < 1.29 is 22.8 Å². The van der Waals surface area contributed by atoms with Gasteiger partial charge in [0.2, 0.25) is 5.91 Å². The van der Waals surface area contributed by atoms with Gasteiger partial charge in [-0.05, 0) is 36.8 Å². The monoisotopic (exact) mass is 414 g/mol. The van der Waals surface area contributed by atoms with Gasteiger partial charge in [0.25, 0.3) is 5.91 Å². The van der Waals surface area contributed by atoms with Gasteiger partial charge in [-0.3, -0.25) is 9.59 Å². The van der Waals surface area contributed by atoms with Gasteiger partial charge in [-0.15, -0.1) is 0 Å². The third-order valence-corrected chi connectivity index (χ3v) is 5.87. The van der Waals surface area contributed by atoms with E-state index >= 15 is 0 Å². The molecular formula is C23H21F3N2O2. The fraction of sp³-hybridized carbons (Fsp3) is 0.304. The van der Waals surface area contributed by atoms with Crippen LogP contribution < -0.4 is 4.90 Å². The molecule has 30 heavy (non-hydrogen) atoms. The third kappa shape index (κ3) is 3.60. The van der Waals surface area contributed by atoms with Crippen molar-refractivity contribution >= 4 is 17.5 Å². The Bertz CT molecular complexity index is 960. The number of hydrogen-bond donors (Lipinski definition) is 0. The molecule has 2 amide bonds. The van der Waals surface area contributed by atoms with E-state index in [9.17, 15) is 22.8 Å².